The van der Waals surface area contributed by atoms with Gasteiger partial charge in [0.05, 0.1) is 0 Å². The summed E-state index contributed by atoms with van der Waals surface area (Å²) in [5, 5.41) is 8.25. The zero-order valence-corrected chi connectivity index (χ0v) is 6.02. The van der Waals surface area contributed by atoms with Gasteiger partial charge in [-0.15, -0.1) is 0 Å². The van der Waals surface area contributed by atoms with Crippen LogP contribution in [0.1, 0.15) is 0 Å². The number of rotatable bonds is 0. The molecule has 0 heterocycles. The molecule has 26 valence electrons. The molecular weight excluding hydrogens is 148 g/mol. The average Bonchev–Trinajstić information content (AvgIpc) is 0.918. The summed E-state index contributed by atoms with van der Waals surface area (Å²) in [6.07, 6.45) is 0. The molecule has 0 rings (SSSR count). The maximum atomic E-state index is 8.25. The van der Waals surface area contributed by atoms with Crippen LogP contribution in [0.3, 0.4) is 0 Å². The van der Waals surface area contributed by atoms with Crippen molar-refractivity contribution >= 4 is 52.0 Å². The second-order valence-corrected chi connectivity index (χ2v) is 0.0962. The normalized spacial score (nSPS) is 2.40. The summed E-state index contributed by atoms with van der Waals surface area (Å²) in [7, 11) is 0. The van der Waals surface area contributed by atoms with E-state index < -0.39 is 6.47 Å². The summed E-state index contributed by atoms with van der Waals surface area (Å²) in [6.45, 7) is -0.500. The van der Waals surface area contributed by atoms with Crippen LogP contribution in [0.25, 0.3) is 0 Å². The van der Waals surface area contributed by atoms with Crippen LogP contribution in [0, 0.1) is 0 Å². The molecule has 0 atom stereocenters. The minimum atomic E-state index is -0.500. The van der Waals surface area contributed by atoms with E-state index in [0.29, 0.717) is 0 Å². The largest absolute Gasteiger partial charge is 2.00 e. The summed E-state index contributed by atoms with van der Waals surface area (Å²) < 4.78 is 0. The fourth-order valence-corrected chi connectivity index (χ4v) is 0. The molecule has 0 aliphatic rings. The first-order chi connectivity index (χ1) is 1.41. The van der Waals surface area contributed by atoms with Crippen molar-refractivity contribution < 1.29 is 15.4 Å². The molecule has 0 radical (unpaired) electrons. The van der Waals surface area contributed by atoms with Gasteiger partial charge in [0.15, 0.2) is 0 Å². The van der Waals surface area contributed by atoms with E-state index >= 15 is 0 Å². The Morgan fingerprint density at radius 1 is 1.60 bits per heavy atom. The molecule has 0 saturated carbocycles. The van der Waals surface area contributed by atoms with E-state index in [2.05, 4.69) is 0 Å². The second-order valence-electron chi connectivity index (χ2n) is 0.0962. The first kappa shape index (κ1) is 16.8. The average molecular weight is 150 g/mol. The maximum Gasteiger partial charge on any atom is 2.00 e. The van der Waals surface area contributed by atoms with Crippen molar-refractivity contribution in [3.63, 3.8) is 0 Å². The van der Waals surface area contributed by atoms with Gasteiger partial charge in [0.25, 0.3) is 0 Å². The monoisotopic (exact) mass is 150 g/mol. The summed E-state index contributed by atoms with van der Waals surface area (Å²) in [6, 6.07) is 0. The summed E-state index contributed by atoms with van der Waals surface area (Å²) in [4.78, 5) is 8.25. The van der Waals surface area contributed by atoms with Crippen LogP contribution in [0.4, 0.5) is 0 Å². The number of carboxylic acid groups (broad SMARTS) is 1. The number of carbonyl (C=O) groups excluding carboxylic acids is 1. The van der Waals surface area contributed by atoms with Crippen LogP contribution >= 0.6 is 0 Å². The van der Waals surface area contributed by atoms with Crippen LogP contribution in [-0.2, 0) is 4.79 Å². The van der Waals surface area contributed by atoms with Crippen molar-refractivity contribution in [2.75, 3.05) is 0 Å². The van der Waals surface area contributed by atoms with E-state index in [9.17, 15) is 0 Å². The first-order valence-electron chi connectivity index (χ1n) is 0.471. The van der Waals surface area contributed by atoms with Crippen LogP contribution in [0.5, 0.6) is 0 Å². The van der Waals surface area contributed by atoms with Gasteiger partial charge in [0, 0.05) is 6.47 Å². The van der Waals surface area contributed by atoms with Gasteiger partial charge in [0.1, 0.15) is 0 Å². The topological polar surface area (TPSA) is 70.1 Å². The molecule has 0 aromatic rings. The Labute approximate surface area is 66.6 Å². The Hall–Kier alpha value is 0.911. The van der Waals surface area contributed by atoms with Crippen molar-refractivity contribution in [3.05, 3.63) is 0 Å². The van der Waals surface area contributed by atoms with Gasteiger partial charge in [-0.2, -0.15) is 0 Å². The van der Waals surface area contributed by atoms with Gasteiger partial charge in [-0.25, -0.2) is 0 Å². The van der Waals surface area contributed by atoms with Crippen LogP contribution < -0.4 is 5.11 Å². The zero-order chi connectivity index (χ0) is 2.71. The van der Waals surface area contributed by atoms with E-state index in [1.807, 2.05) is 0 Å². The third-order valence-corrected chi connectivity index (χ3v) is 0. The van der Waals surface area contributed by atoms with Gasteiger partial charge in [-0.1, -0.05) is 0 Å². The molecular formula is CH2O3Sr. The standard InChI is InChI=1S/CH2O2.H2O.Sr/c2-1-3;;/h1H,(H,2,3);1H2;/q;;+2/p-2. The predicted octanol–water partition coefficient (Wildman–Crippen LogP) is -2.19. The van der Waals surface area contributed by atoms with Crippen LogP contribution in [-0.4, -0.2) is 57.4 Å². The Kier molecular flexibility index (Phi) is 69.2. The molecule has 4 heteroatoms. The molecule has 1 N–H and O–H groups in total. The molecule has 3 nitrogen and oxygen atoms in total. The smallest absolute Gasteiger partial charge is 0.870 e. The zero-order valence-electron chi connectivity index (χ0n) is 2.55. The fraction of sp³-hybridized carbons (Fsp3) is 0. The molecule has 0 aliphatic carbocycles. The first-order valence-corrected chi connectivity index (χ1v) is 0.471. The molecule has 0 amide bonds. The maximum absolute atomic E-state index is 8.25. The Morgan fingerprint density at radius 3 is 1.60 bits per heavy atom. The molecule has 0 spiro atoms. The van der Waals surface area contributed by atoms with Crippen molar-refractivity contribution in [2.45, 2.75) is 0 Å². The molecule has 0 fully saturated rings. The number of hydrogen-bond acceptors (Lipinski definition) is 3. The van der Waals surface area contributed by atoms with Crippen LogP contribution in [0.15, 0.2) is 0 Å². The molecule has 0 aromatic heterocycles. The van der Waals surface area contributed by atoms with E-state index in [1.54, 1.807) is 0 Å². The third-order valence-electron chi connectivity index (χ3n) is 0. The molecule has 0 bridgehead atoms. The van der Waals surface area contributed by atoms with Crippen molar-refractivity contribution in [2.24, 2.45) is 0 Å². The minimum Gasteiger partial charge on any atom is -0.870 e. The van der Waals surface area contributed by atoms with Crippen molar-refractivity contribution in [3.8, 4) is 0 Å². The molecule has 0 aromatic carbocycles. The Balaban J connectivity index is -0.0000000200. The SMILES string of the molecule is O=C[O-].[OH-].[Sr+2]. The quantitative estimate of drug-likeness (QED) is 0.290. The van der Waals surface area contributed by atoms with Crippen molar-refractivity contribution in [1.29, 1.82) is 0 Å². The summed E-state index contributed by atoms with van der Waals surface area (Å²) in [5.41, 5.74) is 0. The Bertz CT molecular complexity index is 14.4. The van der Waals surface area contributed by atoms with Gasteiger partial charge < -0.3 is 15.4 Å². The predicted molar refractivity (Wildman–Crippen MR) is 13.8 cm³/mol. The summed E-state index contributed by atoms with van der Waals surface area (Å²) >= 11 is 0. The van der Waals surface area contributed by atoms with Crippen LogP contribution in [0.2, 0.25) is 0 Å². The molecule has 0 unspecified atom stereocenters. The minimum absolute atomic E-state index is 0. The van der Waals surface area contributed by atoms with Crippen molar-refractivity contribution in [1.82, 2.24) is 0 Å². The van der Waals surface area contributed by atoms with E-state index in [-0.39, 0.29) is 51.0 Å². The van der Waals surface area contributed by atoms with Gasteiger partial charge in [-0.3, -0.25) is 0 Å². The van der Waals surface area contributed by atoms with Gasteiger partial charge in [-0.05, 0) is 0 Å². The van der Waals surface area contributed by atoms with Gasteiger partial charge in [0.2, 0.25) is 0 Å². The second kappa shape index (κ2) is 20.6. The van der Waals surface area contributed by atoms with E-state index in [4.69, 9.17) is 9.90 Å². The Morgan fingerprint density at radius 2 is 1.60 bits per heavy atom. The molecule has 0 aliphatic heterocycles. The van der Waals surface area contributed by atoms with Gasteiger partial charge >= 0.3 is 45.5 Å². The molecule has 0 saturated heterocycles. The number of hydrogen-bond donors (Lipinski definition) is 0. The van der Waals surface area contributed by atoms with E-state index in [0.717, 1.165) is 0 Å². The third kappa shape index (κ3) is 50.2. The number of carbonyl (C=O) groups is 1. The summed E-state index contributed by atoms with van der Waals surface area (Å²) in [5.74, 6) is 0. The fourth-order valence-electron chi connectivity index (χ4n) is 0. The van der Waals surface area contributed by atoms with E-state index in [1.165, 1.54) is 0 Å². The molecule has 5 heavy (non-hydrogen) atoms.